The molecule has 1 amide bonds. The van der Waals surface area contributed by atoms with E-state index in [1.165, 1.54) is 26.3 Å². The van der Waals surface area contributed by atoms with E-state index in [0.29, 0.717) is 22.1 Å². The van der Waals surface area contributed by atoms with Crippen LogP contribution in [-0.2, 0) is 6.54 Å². The zero-order valence-corrected chi connectivity index (χ0v) is 19.2. The molecule has 3 aromatic rings. The van der Waals surface area contributed by atoms with E-state index in [-0.39, 0.29) is 34.9 Å². The summed E-state index contributed by atoms with van der Waals surface area (Å²) in [7, 11) is 2.86. The van der Waals surface area contributed by atoms with Gasteiger partial charge in [0.2, 0.25) is 0 Å². The minimum absolute atomic E-state index is 0.0127. The Morgan fingerprint density at radius 1 is 1.20 bits per heavy atom. The van der Waals surface area contributed by atoms with Crippen molar-refractivity contribution in [3.8, 4) is 17.0 Å². The van der Waals surface area contributed by atoms with E-state index in [9.17, 15) is 27.2 Å². The lowest BCUT2D eigenvalue weighted by Gasteiger charge is -2.17. The fourth-order valence-electron chi connectivity index (χ4n) is 3.14. The number of aldehydes is 1. The molecule has 5 N–H and O–H groups in total. The topological polar surface area (TPSA) is 125 Å². The van der Waals surface area contributed by atoms with E-state index in [0.717, 1.165) is 13.0 Å². The summed E-state index contributed by atoms with van der Waals surface area (Å²) in [5.41, 5.74) is 11.2. The van der Waals surface area contributed by atoms with Crippen LogP contribution in [0.4, 0.5) is 23.4 Å². The molecule has 0 aliphatic heterocycles. The Hall–Kier alpha value is -3.93. The van der Waals surface area contributed by atoms with E-state index in [2.05, 4.69) is 16.1 Å². The van der Waals surface area contributed by atoms with Crippen LogP contribution in [0.25, 0.3) is 11.3 Å². The van der Waals surface area contributed by atoms with E-state index in [1.54, 1.807) is 24.3 Å². The average molecular weight is 495 g/mol. The number of rotatable bonds is 7. The number of nitrogens with one attached hydrogen (secondary N) is 1. The second-order valence-corrected chi connectivity index (χ2v) is 7.15. The number of hydrogen-bond acceptors (Lipinski definition) is 6. The number of nitrogens with zero attached hydrogens (tertiary/aromatic N) is 2. The van der Waals surface area contributed by atoms with E-state index in [1.807, 2.05) is 0 Å². The Kier molecular flexibility index (Phi) is 8.95. The fraction of sp³-hybridized carbons (Fsp3) is 0.261. The molecule has 1 unspecified atom stereocenters. The summed E-state index contributed by atoms with van der Waals surface area (Å²) < 4.78 is 58.4. The normalized spacial score (nSPS) is 11.8. The van der Waals surface area contributed by atoms with Crippen molar-refractivity contribution in [2.45, 2.75) is 25.7 Å². The first-order valence-electron chi connectivity index (χ1n) is 10.3. The maximum absolute atomic E-state index is 13.5. The fourth-order valence-corrected chi connectivity index (χ4v) is 3.14. The number of alkyl halides is 3. The van der Waals surface area contributed by atoms with Crippen molar-refractivity contribution in [3.63, 3.8) is 0 Å². The Bertz CT molecular complexity index is 1180. The second kappa shape index (κ2) is 11.5. The molecule has 0 spiro atoms. The number of carbonyl (C=O) groups is 2. The zero-order valence-electron chi connectivity index (χ0n) is 19.2. The molecule has 12 heteroatoms. The van der Waals surface area contributed by atoms with E-state index in [4.69, 9.17) is 10.5 Å². The highest BCUT2D eigenvalue weighted by Gasteiger charge is 2.40. The van der Waals surface area contributed by atoms with Crippen LogP contribution in [0.5, 0.6) is 5.75 Å². The summed E-state index contributed by atoms with van der Waals surface area (Å²) >= 11 is 0. The first kappa shape index (κ1) is 27.3. The van der Waals surface area contributed by atoms with Crippen molar-refractivity contribution in [2.24, 2.45) is 5.73 Å². The number of hydrogen-bond donors (Lipinski definition) is 3. The predicted octanol–water partition coefficient (Wildman–Crippen LogP) is 3.72. The van der Waals surface area contributed by atoms with Crippen LogP contribution in [0.3, 0.4) is 0 Å². The van der Waals surface area contributed by atoms with Gasteiger partial charge in [-0.15, -0.1) is 0 Å². The zero-order chi connectivity index (χ0) is 26.3. The second-order valence-electron chi connectivity index (χ2n) is 7.15. The number of aromatic nitrogens is 2. The highest BCUT2D eigenvalue weighted by atomic mass is 19.4. The van der Waals surface area contributed by atoms with Crippen molar-refractivity contribution >= 4 is 18.0 Å². The number of nitrogens with two attached hydrogens (primary N) is 2. The highest BCUT2D eigenvalue weighted by molar-refractivity contribution is 5.97. The van der Waals surface area contributed by atoms with E-state index < -0.39 is 23.9 Å². The number of methoxy groups -OCH3 is 1. The molecule has 0 aliphatic rings. The summed E-state index contributed by atoms with van der Waals surface area (Å²) in [6, 6.07) is 7.85. The van der Waals surface area contributed by atoms with Gasteiger partial charge in [0.15, 0.2) is 6.29 Å². The smallest absolute Gasteiger partial charge is 0.410 e. The van der Waals surface area contributed by atoms with Crippen molar-refractivity contribution in [2.75, 3.05) is 19.9 Å². The van der Waals surface area contributed by atoms with Gasteiger partial charge in [0.25, 0.3) is 5.91 Å². The van der Waals surface area contributed by atoms with Crippen molar-refractivity contribution in [1.82, 2.24) is 15.1 Å². The number of anilines is 1. The van der Waals surface area contributed by atoms with Gasteiger partial charge in [-0.1, -0.05) is 24.3 Å². The van der Waals surface area contributed by atoms with Crippen LogP contribution in [0.2, 0.25) is 0 Å². The molecule has 188 valence electrons. The summed E-state index contributed by atoms with van der Waals surface area (Å²) in [5, 5.41) is 6.55. The quantitative estimate of drug-likeness (QED) is 0.339. The molecule has 2 aromatic carbocycles. The van der Waals surface area contributed by atoms with E-state index >= 15 is 0 Å². The summed E-state index contributed by atoms with van der Waals surface area (Å²) in [6.07, 6.45) is -4.23. The number of nitrogen functional groups attached to an aromatic ring is 1. The van der Waals surface area contributed by atoms with Crippen LogP contribution in [0, 0.1) is 5.82 Å². The molecule has 1 atom stereocenters. The molecule has 35 heavy (non-hydrogen) atoms. The monoisotopic (exact) mass is 495 g/mol. The molecule has 8 nitrogen and oxygen atoms in total. The van der Waals surface area contributed by atoms with Crippen LogP contribution < -0.4 is 21.5 Å². The SMILES string of the molecule is CN.COc1ccc(F)cc1C(=O)NCc1ccc(-c2nn(C(C)C(F)(F)F)c(N)c2C=O)cc1. The standard InChI is InChI=1S/C22H20F4N4O3.CH5N/c1-12(22(24,25)26)30-20(27)17(11-31)19(29-30)14-5-3-13(4-6-14)10-28-21(32)16-9-15(23)7-8-18(16)33-2;1-2/h3-9,11-12H,10,27H2,1-2H3,(H,28,32);2H2,1H3. The molecule has 0 bridgehead atoms. The molecule has 0 fully saturated rings. The van der Waals surface area contributed by atoms with Gasteiger partial charge >= 0.3 is 6.18 Å². The molecule has 3 rings (SSSR count). The first-order valence-corrected chi connectivity index (χ1v) is 10.3. The van der Waals surface area contributed by atoms with Crippen molar-refractivity contribution in [3.05, 3.63) is 65.0 Å². The maximum Gasteiger partial charge on any atom is 0.410 e. The van der Waals surface area contributed by atoms with Crippen LogP contribution in [0.15, 0.2) is 42.5 Å². The first-order chi connectivity index (χ1) is 16.6. The largest absolute Gasteiger partial charge is 0.496 e. The summed E-state index contributed by atoms with van der Waals surface area (Å²) in [6.45, 7) is 0.974. The highest BCUT2D eigenvalue weighted by Crippen LogP contribution is 2.35. The summed E-state index contributed by atoms with van der Waals surface area (Å²) in [4.78, 5) is 23.9. The Morgan fingerprint density at radius 2 is 1.83 bits per heavy atom. The lowest BCUT2D eigenvalue weighted by molar-refractivity contribution is -0.164. The van der Waals surface area contributed by atoms with Gasteiger partial charge in [-0.3, -0.25) is 9.59 Å². The molecule has 0 radical (unpaired) electrons. The number of halogens is 4. The summed E-state index contributed by atoms with van der Waals surface area (Å²) in [5.74, 6) is -1.31. The molecular weight excluding hydrogens is 470 g/mol. The predicted molar refractivity (Wildman–Crippen MR) is 122 cm³/mol. The minimum atomic E-state index is -4.59. The molecule has 1 heterocycles. The van der Waals surface area contributed by atoms with Crippen LogP contribution in [0.1, 0.15) is 39.2 Å². The molecule has 0 aliphatic carbocycles. The van der Waals surface area contributed by atoms with Gasteiger partial charge in [-0.2, -0.15) is 18.3 Å². The van der Waals surface area contributed by atoms with Crippen molar-refractivity contribution < 1.29 is 31.9 Å². The molecule has 1 aromatic heterocycles. The van der Waals surface area contributed by atoms with Crippen molar-refractivity contribution in [1.29, 1.82) is 0 Å². The van der Waals surface area contributed by atoms with Gasteiger partial charge in [0.1, 0.15) is 29.1 Å². The van der Waals surface area contributed by atoms with Gasteiger partial charge in [0, 0.05) is 12.1 Å². The molecular formula is C23H25F4N5O3. The Balaban J connectivity index is 0.00000210. The van der Waals surface area contributed by atoms with Crippen LogP contribution >= 0.6 is 0 Å². The lowest BCUT2D eigenvalue weighted by atomic mass is 10.1. The third-order valence-corrected chi connectivity index (χ3v) is 5.03. The Morgan fingerprint density at radius 3 is 2.37 bits per heavy atom. The minimum Gasteiger partial charge on any atom is -0.496 e. The van der Waals surface area contributed by atoms with Gasteiger partial charge in [-0.05, 0) is 37.7 Å². The molecule has 0 saturated carbocycles. The number of benzene rings is 2. The Labute approximate surface area is 198 Å². The number of ether oxygens (including phenoxy) is 1. The number of amides is 1. The lowest BCUT2D eigenvalue weighted by Crippen LogP contribution is -2.25. The third kappa shape index (κ3) is 6.15. The molecule has 0 saturated heterocycles. The van der Waals surface area contributed by atoms with Gasteiger partial charge < -0.3 is 21.5 Å². The van der Waals surface area contributed by atoms with Crippen LogP contribution in [-0.4, -0.2) is 42.3 Å². The average Bonchev–Trinajstić information content (AvgIpc) is 3.18. The third-order valence-electron chi connectivity index (χ3n) is 5.03. The number of carbonyl (C=O) groups excluding carboxylic acids is 2. The maximum atomic E-state index is 13.5. The van der Waals surface area contributed by atoms with Gasteiger partial charge in [0.05, 0.1) is 18.2 Å². The van der Waals surface area contributed by atoms with Gasteiger partial charge in [-0.25, -0.2) is 9.07 Å².